The zero-order valence-electron chi connectivity index (χ0n) is 14.6. The molecule has 8 heteroatoms. The van der Waals surface area contributed by atoms with E-state index in [1.54, 1.807) is 55.5 Å². The Balaban J connectivity index is 1.87. The quantitative estimate of drug-likeness (QED) is 0.670. The summed E-state index contributed by atoms with van der Waals surface area (Å²) >= 11 is 0. The normalized spacial score (nSPS) is 9.63. The number of rotatable bonds is 6. The molecule has 0 bridgehead atoms. The first-order chi connectivity index (χ1) is 13.0. The number of carbonyl (C=O) groups is 3. The fraction of sp³-hybridized carbons (Fsp3) is 0.158. The van der Waals surface area contributed by atoms with Crippen molar-refractivity contribution >= 4 is 23.4 Å². The molecule has 3 amide bonds. The van der Waals surface area contributed by atoms with Crippen LogP contribution in [-0.2, 0) is 14.4 Å². The number of carbonyl (C=O) groups excluding carboxylic acids is 3. The molecule has 0 aliphatic heterocycles. The maximum atomic E-state index is 11.8. The zero-order valence-corrected chi connectivity index (χ0v) is 14.6. The summed E-state index contributed by atoms with van der Waals surface area (Å²) < 4.78 is 5.63. The first-order valence-electron chi connectivity index (χ1n) is 8.15. The van der Waals surface area contributed by atoms with Gasteiger partial charge in [0.2, 0.25) is 5.91 Å². The predicted molar refractivity (Wildman–Crippen MR) is 98.0 cm³/mol. The van der Waals surface area contributed by atoms with Crippen LogP contribution >= 0.6 is 0 Å². The number of benzene rings is 2. The van der Waals surface area contributed by atoms with Crippen molar-refractivity contribution in [1.29, 1.82) is 5.26 Å². The SMILES string of the molecule is CCNC(=O)CNC(=O)C(=O)Nc1ccc(Oc2ccc(C#N)cc2)cc1. The highest BCUT2D eigenvalue weighted by molar-refractivity contribution is 6.39. The number of nitriles is 1. The second kappa shape index (κ2) is 9.58. The Bertz CT molecular complexity index is 855. The number of ether oxygens (including phenoxy) is 1. The monoisotopic (exact) mass is 366 g/mol. The summed E-state index contributed by atoms with van der Waals surface area (Å²) in [6, 6.07) is 15.1. The second-order valence-electron chi connectivity index (χ2n) is 5.35. The summed E-state index contributed by atoms with van der Waals surface area (Å²) in [5.41, 5.74) is 0.936. The number of anilines is 1. The summed E-state index contributed by atoms with van der Waals surface area (Å²) in [7, 11) is 0. The van der Waals surface area contributed by atoms with Gasteiger partial charge in [0.25, 0.3) is 0 Å². The molecule has 0 spiro atoms. The zero-order chi connectivity index (χ0) is 19.6. The Morgan fingerprint density at radius 1 is 0.926 bits per heavy atom. The van der Waals surface area contributed by atoms with Crippen LogP contribution in [0, 0.1) is 11.3 Å². The van der Waals surface area contributed by atoms with Gasteiger partial charge in [0.15, 0.2) is 0 Å². The van der Waals surface area contributed by atoms with Crippen LogP contribution in [0.25, 0.3) is 0 Å². The molecule has 0 atom stereocenters. The van der Waals surface area contributed by atoms with E-state index in [1.807, 2.05) is 6.07 Å². The lowest BCUT2D eigenvalue weighted by Gasteiger charge is -2.08. The van der Waals surface area contributed by atoms with E-state index >= 15 is 0 Å². The standard InChI is InChI=1S/C19H18N4O4/c1-2-21-17(24)12-22-18(25)19(26)23-14-5-9-16(10-6-14)27-15-7-3-13(11-20)4-8-15/h3-10H,2,12H2,1H3,(H,21,24)(H,22,25)(H,23,26). The van der Waals surface area contributed by atoms with Gasteiger partial charge >= 0.3 is 11.8 Å². The van der Waals surface area contributed by atoms with E-state index in [2.05, 4.69) is 16.0 Å². The van der Waals surface area contributed by atoms with Gasteiger partial charge < -0.3 is 20.7 Å². The maximum Gasteiger partial charge on any atom is 0.313 e. The van der Waals surface area contributed by atoms with Crippen molar-refractivity contribution in [3.8, 4) is 17.6 Å². The van der Waals surface area contributed by atoms with Crippen LogP contribution in [0.2, 0.25) is 0 Å². The average Bonchev–Trinajstić information content (AvgIpc) is 2.68. The predicted octanol–water partition coefficient (Wildman–Crippen LogP) is 1.54. The summed E-state index contributed by atoms with van der Waals surface area (Å²) in [4.78, 5) is 34.7. The lowest BCUT2D eigenvalue weighted by atomic mass is 10.2. The van der Waals surface area contributed by atoms with E-state index in [0.29, 0.717) is 29.3 Å². The van der Waals surface area contributed by atoms with Crippen LogP contribution in [0.3, 0.4) is 0 Å². The van der Waals surface area contributed by atoms with Crippen LogP contribution in [0.15, 0.2) is 48.5 Å². The number of hydrogen-bond donors (Lipinski definition) is 3. The third-order valence-electron chi connectivity index (χ3n) is 3.32. The molecule has 138 valence electrons. The molecule has 3 N–H and O–H groups in total. The van der Waals surface area contributed by atoms with Gasteiger partial charge in [-0.25, -0.2) is 0 Å². The molecule has 0 aliphatic rings. The van der Waals surface area contributed by atoms with Crippen LogP contribution in [0.5, 0.6) is 11.5 Å². The largest absolute Gasteiger partial charge is 0.457 e. The number of hydrogen-bond acceptors (Lipinski definition) is 5. The Hall–Kier alpha value is -3.86. The first-order valence-corrected chi connectivity index (χ1v) is 8.15. The van der Waals surface area contributed by atoms with Gasteiger partial charge in [-0.3, -0.25) is 14.4 Å². The van der Waals surface area contributed by atoms with Crippen LogP contribution in [-0.4, -0.2) is 30.8 Å². The van der Waals surface area contributed by atoms with E-state index in [4.69, 9.17) is 10.00 Å². The molecular weight excluding hydrogens is 348 g/mol. The number of nitrogens with zero attached hydrogens (tertiary/aromatic N) is 1. The molecule has 0 saturated heterocycles. The molecule has 0 heterocycles. The minimum absolute atomic E-state index is 0.266. The minimum atomic E-state index is -0.904. The molecule has 2 rings (SSSR count). The minimum Gasteiger partial charge on any atom is -0.457 e. The number of nitrogens with one attached hydrogen (secondary N) is 3. The van der Waals surface area contributed by atoms with Gasteiger partial charge in [0.05, 0.1) is 18.2 Å². The molecular formula is C19H18N4O4. The van der Waals surface area contributed by atoms with Crippen molar-refractivity contribution in [2.75, 3.05) is 18.4 Å². The van der Waals surface area contributed by atoms with Gasteiger partial charge in [-0.2, -0.15) is 5.26 Å². The molecule has 2 aromatic carbocycles. The third-order valence-corrected chi connectivity index (χ3v) is 3.32. The molecule has 0 unspecified atom stereocenters. The molecule has 0 aromatic heterocycles. The van der Waals surface area contributed by atoms with Crippen molar-refractivity contribution in [2.45, 2.75) is 6.92 Å². The first kappa shape index (κ1) is 19.5. The van der Waals surface area contributed by atoms with Crippen molar-refractivity contribution < 1.29 is 19.1 Å². The Morgan fingerprint density at radius 2 is 1.52 bits per heavy atom. The van der Waals surface area contributed by atoms with E-state index in [-0.39, 0.29) is 12.5 Å². The van der Waals surface area contributed by atoms with Crippen molar-refractivity contribution in [2.24, 2.45) is 0 Å². The summed E-state index contributed by atoms with van der Waals surface area (Å²) in [6.07, 6.45) is 0. The van der Waals surface area contributed by atoms with Gasteiger partial charge in [0.1, 0.15) is 11.5 Å². The lowest BCUT2D eigenvalue weighted by Crippen LogP contribution is -2.41. The van der Waals surface area contributed by atoms with Crippen LogP contribution < -0.4 is 20.7 Å². The Kier molecular flexibility index (Phi) is 6.91. The molecule has 2 aromatic rings. The molecule has 8 nitrogen and oxygen atoms in total. The molecule has 0 saturated carbocycles. The fourth-order valence-electron chi connectivity index (χ4n) is 2.03. The van der Waals surface area contributed by atoms with Gasteiger partial charge in [0, 0.05) is 12.2 Å². The molecule has 0 fully saturated rings. The molecule has 0 radical (unpaired) electrons. The van der Waals surface area contributed by atoms with Crippen LogP contribution in [0.1, 0.15) is 12.5 Å². The smallest absolute Gasteiger partial charge is 0.313 e. The highest BCUT2D eigenvalue weighted by Gasteiger charge is 2.14. The summed E-state index contributed by atoms with van der Waals surface area (Å²) in [5, 5.41) is 15.9. The van der Waals surface area contributed by atoms with E-state index < -0.39 is 11.8 Å². The number of amides is 3. The van der Waals surface area contributed by atoms with Crippen LogP contribution in [0.4, 0.5) is 5.69 Å². The summed E-state index contributed by atoms with van der Waals surface area (Å²) in [6.45, 7) is 1.93. The van der Waals surface area contributed by atoms with Gasteiger partial charge in [-0.1, -0.05) is 0 Å². The average molecular weight is 366 g/mol. The summed E-state index contributed by atoms with van der Waals surface area (Å²) in [5.74, 6) is -1.06. The van der Waals surface area contributed by atoms with Crippen molar-refractivity contribution in [1.82, 2.24) is 10.6 Å². The maximum absolute atomic E-state index is 11.8. The lowest BCUT2D eigenvalue weighted by molar-refractivity contribution is -0.136. The number of likely N-dealkylation sites (N-methyl/N-ethyl adjacent to an activating group) is 1. The fourth-order valence-corrected chi connectivity index (χ4v) is 2.03. The second-order valence-corrected chi connectivity index (χ2v) is 5.35. The Labute approximate surface area is 156 Å². The van der Waals surface area contributed by atoms with Gasteiger partial charge in [-0.05, 0) is 55.5 Å². The topological polar surface area (TPSA) is 120 Å². The molecule has 27 heavy (non-hydrogen) atoms. The highest BCUT2D eigenvalue weighted by atomic mass is 16.5. The highest BCUT2D eigenvalue weighted by Crippen LogP contribution is 2.23. The van der Waals surface area contributed by atoms with E-state index in [9.17, 15) is 14.4 Å². The van der Waals surface area contributed by atoms with Crippen molar-refractivity contribution in [3.63, 3.8) is 0 Å². The van der Waals surface area contributed by atoms with Gasteiger partial charge in [-0.15, -0.1) is 0 Å². The van der Waals surface area contributed by atoms with E-state index in [1.165, 1.54) is 0 Å². The van der Waals surface area contributed by atoms with Crippen molar-refractivity contribution in [3.05, 3.63) is 54.1 Å². The Morgan fingerprint density at radius 3 is 2.07 bits per heavy atom. The van der Waals surface area contributed by atoms with E-state index in [0.717, 1.165) is 0 Å². The molecule has 0 aliphatic carbocycles. The third kappa shape index (κ3) is 6.17.